The average molecular weight is 498 g/mol. The third-order valence-electron chi connectivity index (χ3n) is 6.57. The summed E-state index contributed by atoms with van der Waals surface area (Å²) in [5.41, 5.74) is 4.27. The summed E-state index contributed by atoms with van der Waals surface area (Å²) in [5, 5.41) is -0.00761. The predicted octanol–water partition coefficient (Wildman–Crippen LogP) is 5.39. The molecule has 0 aliphatic carbocycles. The molecule has 0 spiro atoms. The number of aromatic nitrogens is 1. The molecular formula is C24H27Cl2F2N3O2. The molecule has 4 atom stereocenters. The van der Waals surface area contributed by atoms with Crippen molar-refractivity contribution in [2.75, 3.05) is 0 Å². The highest BCUT2D eigenvalue weighted by Crippen LogP contribution is 2.57. The van der Waals surface area contributed by atoms with Crippen molar-refractivity contribution in [3.8, 4) is 0 Å². The van der Waals surface area contributed by atoms with Crippen LogP contribution in [-0.4, -0.2) is 33.7 Å². The van der Waals surface area contributed by atoms with Gasteiger partial charge in [-0.15, -0.1) is 0 Å². The fraction of sp³-hybridized carbons (Fsp3) is 0.500. The summed E-state index contributed by atoms with van der Waals surface area (Å²) in [7, 11) is 0. The number of carbonyl (C=O) groups is 1. The largest absolute Gasteiger partial charge is 0.443 e. The van der Waals surface area contributed by atoms with Gasteiger partial charge in [0.1, 0.15) is 17.7 Å². The van der Waals surface area contributed by atoms with E-state index in [1.165, 1.54) is 18.3 Å². The van der Waals surface area contributed by atoms with Crippen LogP contribution in [0.25, 0.3) is 0 Å². The van der Waals surface area contributed by atoms with Crippen LogP contribution in [0.2, 0.25) is 10.0 Å². The fourth-order valence-corrected chi connectivity index (χ4v) is 5.77. The van der Waals surface area contributed by atoms with E-state index in [1.807, 2.05) is 25.7 Å². The van der Waals surface area contributed by atoms with E-state index in [2.05, 4.69) is 4.98 Å². The predicted molar refractivity (Wildman–Crippen MR) is 123 cm³/mol. The lowest BCUT2D eigenvalue weighted by Crippen LogP contribution is -2.57. The Morgan fingerprint density at radius 2 is 1.91 bits per heavy atom. The fourth-order valence-electron chi connectivity index (χ4n) is 5.45. The van der Waals surface area contributed by atoms with Crippen molar-refractivity contribution in [3.05, 3.63) is 63.4 Å². The molecule has 5 nitrogen and oxygen atoms in total. The highest BCUT2D eigenvalue weighted by molar-refractivity contribution is 6.31. The zero-order valence-electron chi connectivity index (χ0n) is 19.1. The third kappa shape index (κ3) is 3.83. The zero-order chi connectivity index (χ0) is 24.5. The standard InChI is InChI=1S/C24H27Cl2F2N3O2/c1-22(2,3)10-16-24(29,20-15(27)9-12(25)11-30-20)17(13-7-6-8-14(26)18(13)28)19-21(32)33-23(4,5)31(16)19/h6-9,11,16-17,19H,10,29H2,1-5H3. The van der Waals surface area contributed by atoms with Crippen LogP contribution >= 0.6 is 23.2 Å². The molecule has 33 heavy (non-hydrogen) atoms. The number of ether oxygens (including phenoxy) is 1. The van der Waals surface area contributed by atoms with Gasteiger partial charge < -0.3 is 10.5 Å². The Morgan fingerprint density at radius 3 is 2.52 bits per heavy atom. The topological polar surface area (TPSA) is 68.5 Å². The molecule has 2 aromatic rings. The maximum absolute atomic E-state index is 15.4. The summed E-state index contributed by atoms with van der Waals surface area (Å²) >= 11 is 12.1. The van der Waals surface area contributed by atoms with Crippen molar-refractivity contribution in [1.29, 1.82) is 0 Å². The van der Waals surface area contributed by atoms with Crippen LogP contribution in [-0.2, 0) is 15.1 Å². The monoisotopic (exact) mass is 497 g/mol. The molecule has 2 saturated heterocycles. The Hall–Kier alpha value is -1.80. The van der Waals surface area contributed by atoms with Crippen LogP contribution in [0.3, 0.4) is 0 Å². The van der Waals surface area contributed by atoms with Crippen molar-refractivity contribution >= 4 is 29.2 Å². The Balaban J connectivity index is 2.06. The molecule has 1 aromatic carbocycles. The van der Waals surface area contributed by atoms with E-state index in [-0.39, 0.29) is 26.7 Å². The number of cyclic esters (lactones) is 1. The number of hydrogen-bond donors (Lipinski definition) is 1. The van der Waals surface area contributed by atoms with Crippen LogP contribution in [0.1, 0.15) is 58.2 Å². The van der Waals surface area contributed by atoms with Gasteiger partial charge in [-0.1, -0.05) is 56.1 Å². The lowest BCUT2D eigenvalue weighted by molar-refractivity contribution is -0.152. The van der Waals surface area contributed by atoms with Crippen molar-refractivity contribution in [1.82, 2.24) is 9.88 Å². The van der Waals surface area contributed by atoms with Gasteiger partial charge in [0, 0.05) is 18.2 Å². The van der Waals surface area contributed by atoms with Gasteiger partial charge in [0.2, 0.25) is 0 Å². The van der Waals surface area contributed by atoms with E-state index in [9.17, 15) is 4.79 Å². The molecule has 178 valence electrons. The normalized spacial score (nSPS) is 29.3. The number of benzene rings is 1. The van der Waals surface area contributed by atoms with Crippen LogP contribution in [0.15, 0.2) is 30.5 Å². The molecule has 0 saturated carbocycles. The summed E-state index contributed by atoms with van der Waals surface area (Å²) in [5.74, 6) is -2.99. The van der Waals surface area contributed by atoms with Crippen LogP contribution in [0, 0.1) is 17.0 Å². The van der Waals surface area contributed by atoms with Crippen molar-refractivity contribution in [2.24, 2.45) is 11.1 Å². The van der Waals surface area contributed by atoms with Gasteiger partial charge in [0.15, 0.2) is 5.72 Å². The Morgan fingerprint density at radius 1 is 1.24 bits per heavy atom. The molecule has 2 aliphatic heterocycles. The molecule has 0 radical (unpaired) electrons. The minimum Gasteiger partial charge on any atom is -0.443 e. The first kappa shape index (κ1) is 24.3. The minimum atomic E-state index is -1.59. The smallest absolute Gasteiger partial charge is 0.325 e. The van der Waals surface area contributed by atoms with E-state index in [4.69, 9.17) is 33.7 Å². The number of nitrogens with zero attached hydrogens (tertiary/aromatic N) is 2. The first-order chi connectivity index (χ1) is 15.2. The molecule has 0 bridgehead atoms. The van der Waals surface area contributed by atoms with Gasteiger partial charge in [-0.25, -0.2) is 13.7 Å². The summed E-state index contributed by atoms with van der Waals surface area (Å²) in [6.07, 6.45) is 1.77. The summed E-state index contributed by atoms with van der Waals surface area (Å²) in [6, 6.07) is 4.08. The van der Waals surface area contributed by atoms with Gasteiger partial charge in [0.25, 0.3) is 0 Å². The van der Waals surface area contributed by atoms with Gasteiger partial charge in [-0.05, 0) is 43.4 Å². The number of halogens is 4. The molecule has 9 heteroatoms. The second-order valence-corrected chi connectivity index (χ2v) is 11.4. The highest BCUT2D eigenvalue weighted by Gasteiger charge is 2.69. The van der Waals surface area contributed by atoms with Crippen LogP contribution in [0.5, 0.6) is 0 Å². The zero-order valence-corrected chi connectivity index (χ0v) is 20.6. The Bertz CT molecular complexity index is 1120. The van der Waals surface area contributed by atoms with E-state index < -0.39 is 46.9 Å². The average Bonchev–Trinajstić information content (AvgIpc) is 3.06. The number of rotatable bonds is 3. The molecule has 4 rings (SSSR count). The van der Waals surface area contributed by atoms with Crippen molar-refractivity contribution < 1.29 is 18.3 Å². The van der Waals surface area contributed by atoms with Crippen molar-refractivity contribution in [2.45, 2.75) is 70.3 Å². The molecule has 0 amide bonds. The molecule has 1 aromatic heterocycles. The quantitative estimate of drug-likeness (QED) is 0.576. The number of pyridine rings is 1. The SMILES string of the molecule is CC(C)(C)CC1N2C(C(=O)OC2(C)C)C(c2cccc(Cl)c2F)C1(N)c1ncc(Cl)cc1F. The van der Waals surface area contributed by atoms with Crippen LogP contribution in [0.4, 0.5) is 8.78 Å². The van der Waals surface area contributed by atoms with Gasteiger partial charge in [0.05, 0.1) is 21.3 Å². The minimum absolute atomic E-state index is 0.0801. The van der Waals surface area contributed by atoms with E-state index in [0.29, 0.717) is 6.42 Å². The van der Waals surface area contributed by atoms with Gasteiger partial charge in [-0.2, -0.15) is 0 Å². The lowest BCUT2D eigenvalue weighted by Gasteiger charge is -2.43. The lowest BCUT2D eigenvalue weighted by atomic mass is 9.70. The first-order valence-electron chi connectivity index (χ1n) is 10.7. The number of carbonyl (C=O) groups excluding carboxylic acids is 1. The molecule has 2 fully saturated rings. The summed E-state index contributed by atoms with van der Waals surface area (Å²) < 4.78 is 36.5. The number of esters is 1. The first-order valence-corrected chi connectivity index (χ1v) is 11.5. The maximum Gasteiger partial charge on any atom is 0.325 e. The second-order valence-electron chi connectivity index (χ2n) is 10.5. The Labute approximate surface area is 202 Å². The maximum atomic E-state index is 15.4. The van der Waals surface area contributed by atoms with Gasteiger partial charge >= 0.3 is 5.97 Å². The molecule has 2 N–H and O–H groups in total. The third-order valence-corrected chi connectivity index (χ3v) is 7.07. The van der Waals surface area contributed by atoms with Crippen LogP contribution < -0.4 is 5.73 Å². The summed E-state index contributed by atoms with van der Waals surface area (Å²) in [6.45, 7) is 9.57. The van der Waals surface area contributed by atoms with Crippen molar-refractivity contribution in [3.63, 3.8) is 0 Å². The molecule has 3 heterocycles. The number of hydrogen-bond acceptors (Lipinski definition) is 5. The van der Waals surface area contributed by atoms with E-state index >= 15 is 8.78 Å². The molecular weight excluding hydrogens is 471 g/mol. The summed E-state index contributed by atoms with van der Waals surface area (Å²) in [4.78, 5) is 19.3. The highest BCUT2D eigenvalue weighted by atomic mass is 35.5. The second kappa shape index (κ2) is 7.87. The van der Waals surface area contributed by atoms with E-state index in [1.54, 1.807) is 19.9 Å². The molecule has 4 unspecified atom stereocenters. The van der Waals surface area contributed by atoms with E-state index in [0.717, 1.165) is 6.07 Å². The Kier molecular flexibility index (Phi) is 5.80. The number of nitrogens with two attached hydrogens (primary N) is 1. The van der Waals surface area contributed by atoms with Gasteiger partial charge in [-0.3, -0.25) is 9.78 Å². The molecule has 2 aliphatic rings. The number of fused-ring (bicyclic) bond motifs is 1.